The van der Waals surface area contributed by atoms with E-state index < -0.39 is 6.09 Å². The fraction of sp³-hybridized carbons (Fsp3) is 0.200. The summed E-state index contributed by atoms with van der Waals surface area (Å²) in [6.45, 7) is 6.33. The van der Waals surface area contributed by atoms with Crippen molar-refractivity contribution in [2.45, 2.75) is 13.1 Å². The van der Waals surface area contributed by atoms with E-state index in [1.807, 2.05) is 18.2 Å². The minimum atomic E-state index is -0.859. The second-order valence-electron chi connectivity index (χ2n) is 9.67. The van der Waals surface area contributed by atoms with Crippen LogP contribution in [0.1, 0.15) is 11.1 Å². The van der Waals surface area contributed by atoms with Crippen LogP contribution < -0.4 is 10.5 Å². The summed E-state index contributed by atoms with van der Waals surface area (Å²) in [5.74, 6) is 1.04. The van der Waals surface area contributed by atoms with Crippen molar-refractivity contribution in [3.8, 4) is 22.8 Å². The largest absolute Gasteiger partial charge is 0.410 e. The number of hydrogen-bond acceptors (Lipinski definition) is 5. The third-order valence-electron chi connectivity index (χ3n) is 7.00. The van der Waals surface area contributed by atoms with E-state index >= 15 is 0 Å². The molecule has 1 aliphatic heterocycles. The lowest BCUT2D eigenvalue weighted by molar-refractivity contribution is 0.122. The molecule has 3 aromatic carbocycles. The molecule has 0 spiro atoms. The number of hydrogen-bond donors (Lipinski definition) is 2. The van der Waals surface area contributed by atoms with E-state index in [-0.39, 0.29) is 0 Å². The SMILES string of the molecule is NC(=O)Oc1cccc2[nH]c(-c3ccc(-n4ccc(CN5CCN(Cc6ccccc6)CC5)c4)cc3)nc12. The highest BCUT2D eigenvalue weighted by Crippen LogP contribution is 2.28. The molecule has 6 rings (SSSR count). The van der Waals surface area contributed by atoms with Gasteiger partial charge in [0.25, 0.3) is 0 Å². The van der Waals surface area contributed by atoms with Crippen LogP contribution in [0.3, 0.4) is 0 Å². The zero-order valence-corrected chi connectivity index (χ0v) is 21.1. The van der Waals surface area contributed by atoms with Crippen LogP contribution in [-0.4, -0.2) is 56.6 Å². The lowest BCUT2D eigenvalue weighted by Gasteiger charge is -2.34. The van der Waals surface area contributed by atoms with E-state index in [1.54, 1.807) is 12.1 Å². The van der Waals surface area contributed by atoms with E-state index in [0.29, 0.717) is 17.1 Å². The number of piperazine rings is 1. The molecule has 1 fully saturated rings. The number of aromatic amines is 1. The van der Waals surface area contributed by atoms with Gasteiger partial charge in [0.2, 0.25) is 0 Å². The summed E-state index contributed by atoms with van der Waals surface area (Å²) in [4.78, 5) is 24.2. The molecule has 1 aliphatic rings. The summed E-state index contributed by atoms with van der Waals surface area (Å²) in [6, 6.07) is 26.5. The Morgan fingerprint density at radius 2 is 1.55 bits per heavy atom. The summed E-state index contributed by atoms with van der Waals surface area (Å²) in [6.07, 6.45) is 3.47. The highest BCUT2D eigenvalue weighted by molar-refractivity contribution is 5.87. The number of benzene rings is 3. The Kier molecular flexibility index (Phi) is 6.64. The van der Waals surface area contributed by atoms with Crippen LogP contribution in [0.2, 0.25) is 0 Å². The van der Waals surface area contributed by atoms with Crippen molar-refractivity contribution in [3.63, 3.8) is 0 Å². The average Bonchev–Trinajstić information content (AvgIpc) is 3.58. The van der Waals surface area contributed by atoms with Crippen LogP contribution in [-0.2, 0) is 13.1 Å². The number of nitrogens with two attached hydrogens (primary N) is 1. The van der Waals surface area contributed by atoms with E-state index in [1.165, 1.54) is 11.1 Å². The van der Waals surface area contributed by atoms with Gasteiger partial charge in [0.1, 0.15) is 11.3 Å². The van der Waals surface area contributed by atoms with Gasteiger partial charge in [0, 0.05) is 62.9 Å². The Bertz CT molecular complexity index is 1530. The van der Waals surface area contributed by atoms with Crippen LogP contribution in [0.15, 0.2) is 91.3 Å². The van der Waals surface area contributed by atoms with Crippen molar-refractivity contribution < 1.29 is 9.53 Å². The average molecular weight is 507 g/mol. The number of primary amides is 1. The second kappa shape index (κ2) is 10.5. The van der Waals surface area contributed by atoms with Gasteiger partial charge in [-0.05, 0) is 53.6 Å². The summed E-state index contributed by atoms with van der Waals surface area (Å²) in [5.41, 5.74) is 11.2. The molecular formula is C30H30N6O2. The quantitative estimate of drug-likeness (QED) is 0.331. The van der Waals surface area contributed by atoms with Crippen LogP contribution in [0.4, 0.5) is 4.79 Å². The number of H-pyrrole nitrogens is 1. The minimum absolute atomic E-state index is 0.339. The Balaban J connectivity index is 1.08. The van der Waals surface area contributed by atoms with Gasteiger partial charge in [0.15, 0.2) is 5.75 Å². The Morgan fingerprint density at radius 3 is 2.26 bits per heavy atom. The van der Waals surface area contributed by atoms with Crippen molar-refractivity contribution in [1.29, 1.82) is 0 Å². The molecular weight excluding hydrogens is 476 g/mol. The van der Waals surface area contributed by atoms with Gasteiger partial charge in [0.05, 0.1) is 5.52 Å². The summed E-state index contributed by atoms with van der Waals surface area (Å²) < 4.78 is 7.24. The smallest absolute Gasteiger partial charge is 0.408 e. The fourth-order valence-electron chi connectivity index (χ4n) is 5.02. The number of ether oxygens (including phenoxy) is 1. The Labute approximate surface area is 221 Å². The van der Waals surface area contributed by atoms with Crippen LogP contribution >= 0.6 is 0 Å². The number of carbonyl (C=O) groups excluding carboxylic acids is 1. The highest BCUT2D eigenvalue weighted by Gasteiger charge is 2.17. The molecule has 0 atom stereocenters. The molecule has 0 saturated carbocycles. The number of nitrogens with zero attached hydrogens (tertiary/aromatic N) is 4. The molecule has 0 radical (unpaired) electrons. The van der Waals surface area contributed by atoms with Gasteiger partial charge in [-0.3, -0.25) is 9.80 Å². The van der Waals surface area contributed by atoms with Gasteiger partial charge >= 0.3 is 6.09 Å². The van der Waals surface area contributed by atoms with E-state index in [9.17, 15) is 4.79 Å². The molecule has 3 heterocycles. The normalized spacial score (nSPS) is 14.6. The van der Waals surface area contributed by atoms with Gasteiger partial charge in [-0.1, -0.05) is 36.4 Å². The molecule has 38 heavy (non-hydrogen) atoms. The van der Waals surface area contributed by atoms with Gasteiger partial charge in [-0.15, -0.1) is 0 Å². The molecule has 2 aromatic heterocycles. The predicted octanol–water partition coefficient (Wildman–Crippen LogP) is 4.80. The summed E-state index contributed by atoms with van der Waals surface area (Å²) >= 11 is 0. The monoisotopic (exact) mass is 506 g/mol. The van der Waals surface area contributed by atoms with Crippen LogP contribution in [0, 0.1) is 0 Å². The van der Waals surface area contributed by atoms with Crippen molar-refractivity contribution >= 4 is 17.1 Å². The molecule has 0 bridgehead atoms. The third kappa shape index (κ3) is 5.32. The third-order valence-corrected chi connectivity index (χ3v) is 7.00. The maximum absolute atomic E-state index is 11.2. The molecule has 3 N–H and O–H groups in total. The van der Waals surface area contributed by atoms with E-state index in [4.69, 9.17) is 10.5 Å². The number of amides is 1. The lowest BCUT2D eigenvalue weighted by Crippen LogP contribution is -2.45. The number of para-hydroxylation sites is 1. The molecule has 0 unspecified atom stereocenters. The van der Waals surface area contributed by atoms with Gasteiger partial charge in [-0.2, -0.15) is 0 Å². The zero-order valence-electron chi connectivity index (χ0n) is 21.1. The first-order valence-corrected chi connectivity index (χ1v) is 12.8. The maximum Gasteiger partial charge on any atom is 0.410 e. The molecule has 5 aromatic rings. The summed E-state index contributed by atoms with van der Waals surface area (Å²) in [5, 5.41) is 0. The predicted molar refractivity (Wildman–Crippen MR) is 148 cm³/mol. The van der Waals surface area contributed by atoms with E-state index in [2.05, 4.69) is 85.3 Å². The number of nitrogens with one attached hydrogen (secondary N) is 1. The number of imidazole rings is 1. The molecule has 192 valence electrons. The second-order valence-corrected chi connectivity index (χ2v) is 9.67. The molecule has 0 aliphatic carbocycles. The fourth-order valence-corrected chi connectivity index (χ4v) is 5.02. The van der Waals surface area contributed by atoms with Crippen molar-refractivity contribution in [1.82, 2.24) is 24.3 Å². The highest BCUT2D eigenvalue weighted by atomic mass is 16.5. The lowest BCUT2D eigenvalue weighted by atomic mass is 10.2. The number of rotatable bonds is 7. The first kappa shape index (κ1) is 24.0. The topological polar surface area (TPSA) is 92.4 Å². The minimum Gasteiger partial charge on any atom is -0.408 e. The molecule has 1 saturated heterocycles. The van der Waals surface area contributed by atoms with Crippen LogP contribution in [0.25, 0.3) is 28.1 Å². The number of fused-ring (bicyclic) bond motifs is 1. The number of aromatic nitrogens is 3. The Hall–Kier alpha value is -4.40. The van der Waals surface area contributed by atoms with Gasteiger partial charge < -0.3 is 20.0 Å². The Morgan fingerprint density at radius 1 is 0.842 bits per heavy atom. The van der Waals surface area contributed by atoms with Gasteiger partial charge in [-0.25, -0.2) is 9.78 Å². The summed E-state index contributed by atoms with van der Waals surface area (Å²) in [7, 11) is 0. The van der Waals surface area contributed by atoms with Crippen molar-refractivity contribution in [2.24, 2.45) is 5.73 Å². The first-order chi connectivity index (χ1) is 18.6. The molecule has 1 amide bonds. The maximum atomic E-state index is 11.2. The zero-order chi connectivity index (χ0) is 25.9. The van der Waals surface area contributed by atoms with Crippen LogP contribution in [0.5, 0.6) is 5.75 Å². The standard InChI is InChI=1S/C30H30N6O2/c31-30(37)38-27-8-4-7-26-28(27)33-29(32-26)24-9-11-25(12-10-24)36-14-13-23(21-36)20-35-17-15-34(16-18-35)19-22-5-2-1-3-6-22/h1-14,21H,15-20H2,(H2,31,37)(H,32,33). The van der Waals surface area contributed by atoms with Crippen molar-refractivity contribution in [3.05, 3.63) is 102 Å². The first-order valence-electron chi connectivity index (χ1n) is 12.8. The molecule has 8 nitrogen and oxygen atoms in total. The van der Waals surface area contributed by atoms with E-state index in [0.717, 1.165) is 56.0 Å². The number of carbonyl (C=O) groups is 1. The molecule has 8 heteroatoms. The van der Waals surface area contributed by atoms with Crippen molar-refractivity contribution in [2.75, 3.05) is 26.2 Å².